The Bertz CT molecular complexity index is 3550. The van der Waals surface area contributed by atoms with Gasteiger partial charge in [0.2, 0.25) is 0 Å². The van der Waals surface area contributed by atoms with Crippen LogP contribution in [0.4, 0.5) is 17.1 Å². The fraction of sp³-hybridized carbons (Fsp3) is 0. The third kappa shape index (κ3) is 5.90. The second-order valence-corrected chi connectivity index (χ2v) is 15.6. The Labute approximate surface area is 353 Å². The van der Waals surface area contributed by atoms with E-state index in [1.807, 2.05) is 6.07 Å². The van der Waals surface area contributed by atoms with Crippen LogP contribution in [0, 0.1) is 0 Å². The first-order valence-corrected chi connectivity index (χ1v) is 20.7. The Morgan fingerprint density at radius 2 is 0.820 bits per heavy atom. The number of hydrogen-bond donors (Lipinski definition) is 0. The molecule has 0 radical (unpaired) electrons. The highest BCUT2D eigenvalue weighted by Crippen LogP contribution is 2.47. The molecule has 3 heteroatoms. The van der Waals surface area contributed by atoms with Crippen molar-refractivity contribution in [2.24, 2.45) is 0 Å². The van der Waals surface area contributed by atoms with Gasteiger partial charge >= 0.3 is 0 Å². The van der Waals surface area contributed by atoms with Crippen LogP contribution >= 0.6 is 0 Å². The molecular weight excluding hydrogens is 743 g/mol. The molecule has 0 atom stereocenters. The molecule has 0 fully saturated rings. The summed E-state index contributed by atoms with van der Waals surface area (Å²) in [6.45, 7) is 0. The van der Waals surface area contributed by atoms with Gasteiger partial charge in [-0.2, -0.15) is 0 Å². The predicted octanol–water partition coefficient (Wildman–Crippen LogP) is 16.8. The van der Waals surface area contributed by atoms with Crippen molar-refractivity contribution in [1.82, 2.24) is 0 Å². The minimum Gasteiger partial charge on any atom is -0.456 e. The summed E-state index contributed by atoms with van der Waals surface area (Å²) in [6.07, 6.45) is 0. The third-order valence-corrected chi connectivity index (χ3v) is 12.1. The lowest BCUT2D eigenvalue weighted by molar-refractivity contribution is 0.664. The highest BCUT2D eigenvalue weighted by atomic mass is 16.3. The van der Waals surface area contributed by atoms with E-state index in [1.165, 1.54) is 33.0 Å². The Balaban J connectivity index is 1.01. The van der Waals surface area contributed by atoms with Gasteiger partial charge in [0.15, 0.2) is 0 Å². The zero-order chi connectivity index (χ0) is 40.3. The maximum atomic E-state index is 6.79. The normalized spacial score (nSPS) is 11.6. The van der Waals surface area contributed by atoms with Crippen molar-refractivity contribution in [3.63, 3.8) is 0 Å². The fourth-order valence-electron chi connectivity index (χ4n) is 9.17. The van der Waals surface area contributed by atoms with Crippen molar-refractivity contribution in [2.75, 3.05) is 4.90 Å². The predicted molar refractivity (Wildman–Crippen MR) is 255 cm³/mol. The lowest BCUT2D eigenvalue weighted by atomic mass is 9.96. The molecule has 12 rings (SSSR count). The number of nitrogens with zero attached hydrogens (tertiary/aromatic N) is 1. The standard InChI is InChI=1S/C58H37NO2/c1-3-13-38(14-4-1)40-23-25-43(26-24-40)47-18-9-11-21-51(47)59(45-32-27-41(28-33-45)39-15-5-2-6-16-39)46-34-29-44(30-35-46)50-37-54-57(56-49-20-10-12-22-52(49)61-58(50)56)55-48-19-8-7-17-42(48)31-36-53(55)60-54/h1-37H. The molecule has 0 spiro atoms. The number of fused-ring (bicyclic) bond motifs is 9. The number of anilines is 3. The maximum absolute atomic E-state index is 6.79. The molecule has 0 bridgehead atoms. The number of para-hydroxylation sites is 2. The summed E-state index contributed by atoms with van der Waals surface area (Å²) in [5.41, 5.74) is 15.7. The van der Waals surface area contributed by atoms with Crippen LogP contribution in [0.15, 0.2) is 233 Å². The summed E-state index contributed by atoms with van der Waals surface area (Å²) in [5, 5.41) is 6.72. The molecule has 0 unspecified atom stereocenters. The van der Waals surface area contributed by atoms with Gasteiger partial charge in [-0.3, -0.25) is 0 Å². The molecule has 12 aromatic rings. The van der Waals surface area contributed by atoms with Gasteiger partial charge in [-0.05, 0) is 92.7 Å². The van der Waals surface area contributed by atoms with Gasteiger partial charge in [0.25, 0.3) is 0 Å². The van der Waals surface area contributed by atoms with Crippen molar-refractivity contribution in [3.05, 3.63) is 224 Å². The van der Waals surface area contributed by atoms with E-state index in [0.29, 0.717) is 0 Å². The fourth-order valence-corrected chi connectivity index (χ4v) is 9.17. The van der Waals surface area contributed by atoms with Gasteiger partial charge in [-0.1, -0.05) is 176 Å². The largest absolute Gasteiger partial charge is 0.456 e. The summed E-state index contributed by atoms with van der Waals surface area (Å²) in [4.78, 5) is 2.36. The van der Waals surface area contributed by atoms with E-state index in [1.54, 1.807) is 0 Å². The van der Waals surface area contributed by atoms with Gasteiger partial charge < -0.3 is 13.7 Å². The molecule has 0 saturated heterocycles. The molecule has 286 valence electrons. The van der Waals surface area contributed by atoms with Gasteiger partial charge in [-0.25, -0.2) is 0 Å². The number of hydrogen-bond acceptors (Lipinski definition) is 3. The Hall–Kier alpha value is -8.14. The zero-order valence-electron chi connectivity index (χ0n) is 33.1. The molecule has 0 aliphatic rings. The van der Waals surface area contributed by atoms with E-state index < -0.39 is 0 Å². The number of rotatable bonds is 7. The van der Waals surface area contributed by atoms with Crippen molar-refractivity contribution in [2.45, 2.75) is 0 Å². The second kappa shape index (κ2) is 14.3. The Morgan fingerprint density at radius 3 is 1.52 bits per heavy atom. The third-order valence-electron chi connectivity index (χ3n) is 12.1. The summed E-state index contributed by atoms with van der Waals surface area (Å²) < 4.78 is 13.5. The Morgan fingerprint density at radius 1 is 0.295 bits per heavy atom. The van der Waals surface area contributed by atoms with Crippen LogP contribution in [-0.4, -0.2) is 0 Å². The average Bonchev–Trinajstić information content (AvgIpc) is 3.92. The highest BCUT2D eigenvalue weighted by Gasteiger charge is 2.23. The molecular formula is C58H37NO2. The van der Waals surface area contributed by atoms with Gasteiger partial charge in [0.1, 0.15) is 22.3 Å². The van der Waals surface area contributed by atoms with Crippen molar-refractivity contribution < 1.29 is 8.83 Å². The molecule has 0 amide bonds. The van der Waals surface area contributed by atoms with Gasteiger partial charge in [0, 0.05) is 44.0 Å². The summed E-state index contributed by atoms with van der Waals surface area (Å²) in [7, 11) is 0. The second-order valence-electron chi connectivity index (χ2n) is 15.6. The van der Waals surface area contributed by atoms with E-state index >= 15 is 0 Å². The lowest BCUT2D eigenvalue weighted by Gasteiger charge is -2.28. The van der Waals surface area contributed by atoms with Crippen LogP contribution in [0.2, 0.25) is 0 Å². The van der Waals surface area contributed by atoms with Crippen LogP contribution < -0.4 is 4.90 Å². The molecule has 0 saturated carbocycles. The monoisotopic (exact) mass is 779 g/mol. The molecule has 3 nitrogen and oxygen atoms in total. The quantitative estimate of drug-likeness (QED) is 0.161. The topological polar surface area (TPSA) is 29.5 Å². The minimum atomic E-state index is 0.844. The minimum absolute atomic E-state index is 0.844. The molecule has 0 aliphatic heterocycles. The van der Waals surface area contributed by atoms with E-state index in [2.05, 4.69) is 223 Å². The van der Waals surface area contributed by atoms with Crippen molar-refractivity contribution in [1.29, 1.82) is 0 Å². The van der Waals surface area contributed by atoms with Crippen molar-refractivity contribution in [3.8, 4) is 44.5 Å². The van der Waals surface area contributed by atoms with Crippen LogP contribution in [0.5, 0.6) is 0 Å². The van der Waals surface area contributed by atoms with E-state index in [9.17, 15) is 0 Å². The summed E-state index contributed by atoms with van der Waals surface area (Å²) >= 11 is 0. The smallest absolute Gasteiger partial charge is 0.144 e. The molecule has 10 aromatic carbocycles. The molecule has 0 aliphatic carbocycles. The average molecular weight is 780 g/mol. The summed E-state index contributed by atoms with van der Waals surface area (Å²) in [6, 6.07) is 79.7. The van der Waals surface area contributed by atoms with Gasteiger partial charge in [0.05, 0.1) is 5.69 Å². The number of benzene rings is 10. The van der Waals surface area contributed by atoms with Crippen LogP contribution in [0.3, 0.4) is 0 Å². The van der Waals surface area contributed by atoms with E-state index in [4.69, 9.17) is 8.83 Å². The van der Waals surface area contributed by atoms with E-state index in [-0.39, 0.29) is 0 Å². The Kier molecular flexibility index (Phi) is 8.17. The van der Waals surface area contributed by atoms with Crippen LogP contribution in [0.1, 0.15) is 0 Å². The maximum Gasteiger partial charge on any atom is 0.144 e. The van der Waals surface area contributed by atoms with Gasteiger partial charge in [-0.15, -0.1) is 0 Å². The molecule has 2 heterocycles. The highest BCUT2D eigenvalue weighted by molar-refractivity contribution is 6.32. The molecule has 2 aromatic heterocycles. The molecule has 61 heavy (non-hydrogen) atoms. The number of furan rings is 2. The summed E-state index contributed by atoms with van der Waals surface area (Å²) in [5.74, 6) is 0. The molecule has 0 N–H and O–H groups in total. The lowest BCUT2D eigenvalue weighted by Crippen LogP contribution is -2.11. The first-order chi connectivity index (χ1) is 30.2. The first kappa shape index (κ1) is 34.9. The van der Waals surface area contributed by atoms with E-state index in [0.717, 1.165) is 83.2 Å². The van der Waals surface area contributed by atoms with Crippen molar-refractivity contribution >= 4 is 71.7 Å². The van der Waals surface area contributed by atoms with Crippen LogP contribution in [-0.2, 0) is 0 Å². The zero-order valence-corrected chi connectivity index (χ0v) is 33.1. The SMILES string of the molecule is c1ccc(-c2ccc(-c3ccccc3N(c3ccc(-c4ccccc4)cc3)c3ccc(-c4cc5oc6ccc7ccccc7c6c5c5c4oc4ccccc45)cc3)cc2)cc1. The van der Waals surface area contributed by atoms with Crippen LogP contribution in [0.25, 0.3) is 99.2 Å². The first-order valence-electron chi connectivity index (χ1n) is 20.7.